The van der Waals surface area contributed by atoms with Gasteiger partial charge in [-0.1, -0.05) is 18.6 Å². The third-order valence-corrected chi connectivity index (χ3v) is 9.21. The largest absolute Gasteiger partial charge is 0.510 e. The number of carboxylic acids is 3. The zero-order valence-electron chi connectivity index (χ0n) is 28.0. The topological polar surface area (TPSA) is 318 Å². The van der Waals surface area contributed by atoms with Crippen molar-refractivity contribution < 1.29 is 69.6 Å². The first kappa shape index (κ1) is 40.3. The summed E-state index contributed by atoms with van der Waals surface area (Å²) >= 11 is 0. The predicted octanol–water partition coefficient (Wildman–Crippen LogP) is -0.742. The monoisotopic (exact) mass is 718 g/mol. The molecule has 0 spiro atoms. The van der Waals surface area contributed by atoms with Crippen molar-refractivity contribution in [2.75, 3.05) is 27.3 Å². The van der Waals surface area contributed by atoms with E-state index in [4.69, 9.17) is 15.9 Å². The third-order valence-electron chi connectivity index (χ3n) is 9.21. The summed E-state index contributed by atoms with van der Waals surface area (Å²) in [4.78, 5) is 72.8. The van der Waals surface area contributed by atoms with Gasteiger partial charge in [0.05, 0.1) is 23.9 Å². The molecule has 1 amide bonds. The SMILES string of the molecule is CN(C)[C@@H]1C(O)=C(C(=O)NCN[C@@H](CCCCN)C(=O)O)C(=O)[C@@]2(O)C(O)=C3C(=O)c4c(O)cccc4[C@@](C)(O)[C@H]3C[C@H]12.O=C(O)C=CC(=O)O. The van der Waals surface area contributed by atoms with E-state index in [1.54, 1.807) is 0 Å². The van der Waals surface area contributed by atoms with E-state index < -0.39 is 106 Å². The fourth-order valence-electron chi connectivity index (χ4n) is 6.78. The molecule has 0 aromatic heterocycles. The normalized spacial score (nSPS) is 26.1. The van der Waals surface area contributed by atoms with Gasteiger partial charge >= 0.3 is 17.9 Å². The minimum atomic E-state index is -2.85. The summed E-state index contributed by atoms with van der Waals surface area (Å²) in [5.41, 5.74) is -0.782. The summed E-state index contributed by atoms with van der Waals surface area (Å²) in [5.74, 6) is -11.8. The highest BCUT2D eigenvalue weighted by Crippen LogP contribution is 2.56. The fraction of sp³-hybridized carbons (Fsp3) is 0.455. The number of nitrogens with zero attached hydrogens (tertiary/aromatic N) is 1. The highest BCUT2D eigenvalue weighted by atomic mass is 16.4. The van der Waals surface area contributed by atoms with Crippen molar-refractivity contribution >= 4 is 35.4 Å². The highest BCUT2D eigenvalue weighted by Gasteiger charge is 2.65. The van der Waals surface area contributed by atoms with Crippen LogP contribution in [0.2, 0.25) is 0 Å². The Bertz CT molecular complexity index is 1680. The van der Waals surface area contributed by atoms with E-state index in [2.05, 4.69) is 10.6 Å². The molecule has 3 aliphatic rings. The molecule has 0 heterocycles. The van der Waals surface area contributed by atoms with Crippen LogP contribution >= 0.6 is 0 Å². The summed E-state index contributed by atoms with van der Waals surface area (Å²) in [5, 5.41) is 86.8. The van der Waals surface area contributed by atoms with E-state index in [0.717, 1.165) is 0 Å². The van der Waals surface area contributed by atoms with Crippen molar-refractivity contribution in [1.29, 1.82) is 0 Å². The molecular formula is C33H42N4O14. The van der Waals surface area contributed by atoms with E-state index in [0.29, 0.717) is 31.5 Å². The molecule has 0 radical (unpaired) electrons. The number of phenols is 1. The molecule has 0 saturated heterocycles. The van der Waals surface area contributed by atoms with Gasteiger partial charge in [-0.2, -0.15) is 0 Å². The number of nitrogens with one attached hydrogen (secondary N) is 2. The number of aliphatic hydroxyl groups excluding tert-OH is 2. The molecule has 6 atom stereocenters. The van der Waals surface area contributed by atoms with Gasteiger partial charge in [-0.25, -0.2) is 9.59 Å². The van der Waals surface area contributed by atoms with E-state index in [-0.39, 0.29) is 24.0 Å². The minimum absolute atomic E-state index is 0.100. The number of benzene rings is 1. The molecular weight excluding hydrogens is 676 g/mol. The van der Waals surface area contributed by atoms with Crippen LogP contribution in [0.5, 0.6) is 5.75 Å². The second kappa shape index (κ2) is 15.8. The van der Waals surface area contributed by atoms with Gasteiger partial charge in [0.1, 0.15) is 28.9 Å². The average Bonchev–Trinajstić information content (AvgIpc) is 3.03. The molecule has 4 rings (SSSR count). The Labute approximate surface area is 291 Å². The van der Waals surface area contributed by atoms with Gasteiger partial charge in [0.25, 0.3) is 5.91 Å². The van der Waals surface area contributed by atoms with Gasteiger partial charge < -0.3 is 51.9 Å². The number of carbonyl (C=O) groups excluding carboxylic acids is 3. The molecule has 12 N–H and O–H groups in total. The van der Waals surface area contributed by atoms with Crippen LogP contribution in [0.1, 0.15) is 48.5 Å². The Morgan fingerprint density at radius 1 is 1.02 bits per heavy atom. The lowest BCUT2D eigenvalue weighted by molar-refractivity contribution is -0.152. The molecule has 0 saturated carbocycles. The molecule has 0 aliphatic heterocycles. The van der Waals surface area contributed by atoms with E-state index >= 15 is 0 Å². The molecule has 18 nitrogen and oxygen atoms in total. The molecule has 0 unspecified atom stereocenters. The second-order valence-corrected chi connectivity index (χ2v) is 12.7. The zero-order valence-corrected chi connectivity index (χ0v) is 28.0. The number of amides is 1. The van der Waals surface area contributed by atoms with Crippen molar-refractivity contribution in [2.24, 2.45) is 17.6 Å². The summed E-state index contributed by atoms with van der Waals surface area (Å²) in [6, 6.07) is 1.87. The molecule has 1 aromatic rings. The first-order valence-corrected chi connectivity index (χ1v) is 15.7. The maximum Gasteiger partial charge on any atom is 0.328 e. The first-order valence-electron chi connectivity index (χ1n) is 15.7. The maximum atomic E-state index is 13.9. The van der Waals surface area contributed by atoms with Crippen molar-refractivity contribution in [3.63, 3.8) is 0 Å². The lowest BCUT2D eigenvalue weighted by Gasteiger charge is -2.52. The molecule has 18 heteroatoms. The zero-order chi connectivity index (χ0) is 38.6. The number of hydrogen-bond donors (Lipinski definition) is 11. The lowest BCUT2D eigenvalue weighted by atomic mass is 9.55. The van der Waals surface area contributed by atoms with Crippen LogP contribution in [0.25, 0.3) is 0 Å². The molecule has 278 valence electrons. The minimum Gasteiger partial charge on any atom is -0.510 e. The van der Waals surface area contributed by atoms with Crippen LogP contribution in [0.3, 0.4) is 0 Å². The number of fused-ring (bicyclic) bond motifs is 3. The second-order valence-electron chi connectivity index (χ2n) is 12.7. The van der Waals surface area contributed by atoms with Gasteiger partial charge in [0, 0.05) is 29.6 Å². The van der Waals surface area contributed by atoms with Gasteiger partial charge in [0.15, 0.2) is 11.4 Å². The smallest absolute Gasteiger partial charge is 0.328 e. The Morgan fingerprint density at radius 3 is 2.16 bits per heavy atom. The van der Waals surface area contributed by atoms with E-state index in [9.17, 15) is 59.4 Å². The standard InChI is InChI=1S/C29H38N4O10.C4H4O4/c1-28(42)13-7-6-9-17(34)18(13)22(35)19-14(28)11-15-21(33(2)3)23(36)20(25(38)29(15,43)24(19)37)26(39)32-12-31-16(27(40)41)8-4-5-10-30;5-3(6)1-2-4(7)8/h6-7,9,14-16,21,31,34,36-37,42-43H,4-5,8,10-12,30H2,1-3H3,(H,32,39)(H,40,41);1-2H,(H,5,6)(H,7,8)/t14-,15+,16-,21-,28+,29-;/m0./s1. The summed E-state index contributed by atoms with van der Waals surface area (Å²) in [6.45, 7) is 1.36. The number of carboxylic acid groups (broad SMARTS) is 3. The Kier molecular flexibility index (Phi) is 12.5. The van der Waals surface area contributed by atoms with Gasteiger partial charge in [0.2, 0.25) is 5.78 Å². The summed E-state index contributed by atoms with van der Waals surface area (Å²) in [7, 11) is 3.03. The van der Waals surface area contributed by atoms with Crippen LogP contribution in [0, 0.1) is 11.8 Å². The fourth-order valence-corrected chi connectivity index (χ4v) is 6.78. The molecule has 1 aromatic carbocycles. The Balaban J connectivity index is 0.000000783. The number of aliphatic hydroxyl groups is 4. The van der Waals surface area contributed by atoms with Crippen LogP contribution in [-0.2, 0) is 29.6 Å². The number of likely N-dealkylation sites (N-methyl/N-ethyl adjacent to an activating group) is 1. The van der Waals surface area contributed by atoms with Crippen molar-refractivity contribution in [3.8, 4) is 5.75 Å². The quantitative estimate of drug-likeness (QED) is 0.0548. The lowest BCUT2D eigenvalue weighted by Crippen LogP contribution is -2.65. The molecule has 51 heavy (non-hydrogen) atoms. The van der Waals surface area contributed by atoms with Crippen LogP contribution in [-0.4, -0.2) is 126 Å². The number of carbonyl (C=O) groups is 6. The van der Waals surface area contributed by atoms with Gasteiger partial charge in [-0.3, -0.25) is 29.4 Å². The van der Waals surface area contributed by atoms with Crippen LogP contribution < -0.4 is 16.4 Å². The number of hydrogen-bond acceptors (Lipinski definition) is 14. The van der Waals surface area contributed by atoms with Gasteiger partial charge in [-0.05, 0) is 58.5 Å². The summed E-state index contributed by atoms with van der Waals surface area (Å²) in [6.07, 6.45) is 2.19. The van der Waals surface area contributed by atoms with Gasteiger partial charge in [-0.15, -0.1) is 0 Å². The molecule has 3 aliphatic carbocycles. The van der Waals surface area contributed by atoms with Crippen LogP contribution in [0.4, 0.5) is 0 Å². The number of aromatic hydroxyl groups is 1. The third kappa shape index (κ3) is 7.79. The number of unbranched alkanes of at least 4 members (excludes halogenated alkanes) is 1. The number of phenolic OH excluding ortho intramolecular Hbond substituents is 1. The Hall–Kier alpha value is -5.14. The maximum absolute atomic E-state index is 13.9. The molecule has 0 bridgehead atoms. The Morgan fingerprint density at radius 2 is 1.63 bits per heavy atom. The number of nitrogens with two attached hydrogens (primary N) is 1. The number of rotatable bonds is 12. The summed E-state index contributed by atoms with van der Waals surface area (Å²) < 4.78 is 0. The number of Topliss-reactive ketones (excluding diaryl/α,β-unsaturated/α-hetero) is 2. The molecule has 0 fully saturated rings. The van der Waals surface area contributed by atoms with E-state index in [1.165, 1.54) is 44.1 Å². The van der Waals surface area contributed by atoms with Crippen LogP contribution in [0.15, 0.2) is 53.0 Å². The van der Waals surface area contributed by atoms with E-state index in [1.807, 2.05) is 0 Å². The van der Waals surface area contributed by atoms with Crippen molar-refractivity contribution in [1.82, 2.24) is 15.5 Å². The predicted molar refractivity (Wildman–Crippen MR) is 175 cm³/mol. The number of aliphatic carboxylic acids is 3. The van der Waals surface area contributed by atoms with Crippen molar-refractivity contribution in [3.05, 3.63) is 64.1 Å². The van der Waals surface area contributed by atoms with Crippen molar-refractivity contribution in [2.45, 2.75) is 55.9 Å². The highest BCUT2D eigenvalue weighted by molar-refractivity contribution is 6.25. The first-order chi connectivity index (χ1) is 23.7. The number of ketones is 2. The average molecular weight is 719 g/mol.